The Morgan fingerprint density at radius 1 is 1.19 bits per heavy atom. The standard InChI is InChI=1S/C16H18N4O/c1-3-10-18-14-8-5-9-15(19-14)20-16-12(11-17)6-4-7-13(16)21-2/h4-9H,3,10H2,1-2H3,(H2,18,19,20). The molecule has 0 unspecified atom stereocenters. The van der Waals surface area contributed by atoms with Crippen LogP contribution in [0, 0.1) is 11.3 Å². The molecule has 5 heteroatoms. The van der Waals surface area contributed by atoms with Crippen LogP contribution in [-0.2, 0) is 0 Å². The quantitative estimate of drug-likeness (QED) is 0.848. The molecule has 0 bridgehead atoms. The van der Waals surface area contributed by atoms with Gasteiger partial charge in [0.1, 0.15) is 29.1 Å². The fourth-order valence-electron chi connectivity index (χ4n) is 1.91. The number of hydrogen-bond acceptors (Lipinski definition) is 5. The highest BCUT2D eigenvalue weighted by Gasteiger charge is 2.09. The second kappa shape index (κ2) is 7.15. The maximum absolute atomic E-state index is 9.21. The Morgan fingerprint density at radius 3 is 2.67 bits per heavy atom. The Kier molecular flexibility index (Phi) is 4.99. The maximum atomic E-state index is 9.21. The zero-order valence-electron chi connectivity index (χ0n) is 12.2. The molecule has 0 aliphatic carbocycles. The van der Waals surface area contributed by atoms with Gasteiger partial charge in [0.25, 0.3) is 0 Å². The number of para-hydroxylation sites is 1. The lowest BCUT2D eigenvalue weighted by atomic mass is 10.2. The van der Waals surface area contributed by atoms with E-state index in [4.69, 9.17) is 4.74 Å². The predicted molar refractivity (Wildman–Crippen MR) is 84.0 cm³/mol. The molecule has 5 nitrogen and oxygen atoms in total. The summed E-state index contributed by atoms with van der Waals surface area (Å²) in [5, 5.41) is 15.6. The number of hydrogen-bond donors (Lipinski definition) is 2. The minimum atomic E-state index is 0.517. The van der Waals surface area contributed by atoms with Gasteiger partial charge in [-0.2, -0.15) is 5.26 Å². The average molecular weight is 282 g/mol. The van der Waals surface area contributed by atoms with Gasteiger partial charge in [-0.25, -0.2) is 4.98 Å². The first-order valence-electron chi connectivity index (χ1n) is 6.83. The first kappa shape index (κ1) is 14.7. The molecule has 0 spiro atoms. The van der Waals surface area contributed by atoms with E-state index in [1.165, 1.54) is 0 Å². The van der Waals surface area contributed by atoms with Crippen LogP contribution in [0.5, 0.6) is 5.75 Å². The van der Waals surface area contributed by atoms with Crippen molar-refractivity contribution in [1.29, 1.82) is 5.26 Å². The molecule has 2 aromatic rings. The van der Waals surface area contributed by atoms with Crippen LogP contribution in [0.1, 0.15) is 18.9 Å². The van der Waals surface area contributed by atoms with Crippen LogP contribution in [0.2, 0.25) is 0 Å². The molecule has 0 fully saturated rings. The van der Waals surface area contributed by atoms with Crippen LogP contribution >= 0.6 is 0 Å². The summed E-state index contributed by atoms with van der Waals surface area (Å²) >= 11 is 0. The van der Waals surface area contributed by atoms with Crippen LogP contribution < -0.4 is 15.4 Å². The summed E-state index contributed by atoms with van der Waals surface area (Å²) in [7, 11) is 1.58. The van der Waals surface area contributed by atoms with Gasteiger partial charge >= 0.3 is 0 Å². The summed E-state index contributed by atoms with van der Waals surface area (Å²) in [6.45, 7) is 2.97. The van der Waals surface area contributed by atoms with Crippen LogP contribution in [0.15, 0.2) is 36.4 Å². The van der Waals surface area contributed by atoms with E-state index in [9.17, 15) is 5.26 Å². The van der Waals surface area contributed by atoms with Gasteiger partial charge in [-0.1, -0.05) is 19.1 Å². The Hall–Kier alpha value is -2.74. The van der Waals surface area contributed by atoms with Gasteiger partial charge in [0.15, 0.2) is 0 Å². The zero-order valence-corrected chi connectivity index (χ0v) is 12.2. The lowest BCUT2D eigenvalue weighted by Crippen LogP contribution is -2.04. The van der Waals surface area contributed by atoms with Crippen molar-refractivity contribution in [1.82, 2.24) is 4.98 Å². The number of aromatic nitrogens is 1. The van der Waals surface area contributed by atoms with Gasteiger partial charge in [-0.15, -0.1) is 0 Å². The van der Waals surface area contributed by atoms with Crippen molar-refractivity contribution in [2.45, 2.75) is 13.3 Å². The van der Waals surface area contributed by atoms with Crippen molar-refractivity contribution in [3.63, 3.8) is 0 Å². The molecule has 0 saturated carbocycles. The summed E-state index contributed by atoms with van der Waals surface area (Å²) in [5.41, 5.74) is 1.14. The molecule has 21 heavy (non-hydrogen) atoms. The fourth-order valence-corrected chi connectivity index (χ4v) is 1.91. The molecular formula is C16H18N4O. The number of rotatable bonds is 6. The fraction of sp³-hybridized carbons (Fsp3) is 0.250. The van der Waals surface area contributed by atoms with E-state index in [2.05, 4.69) is 28.6 Å². The summed E-state index contributed by atoms with van der Waals surface area (Å²) < 4.78 is 5.30. The van der Waals surface area contributed by atoms with E-state index >= 15 is 0 Å². The Labute approximate surface area is 124 Å². The Morgan fingerprint density at radius 2 is 1.95 bits per heavy atom. The molecule has 108 valence electrons. The lowest BCUT2D eigenvalue weighted by molar-refractivity contribution is 0.416. The third-order valence-corrected chi connectivity index (χ3v) is 2.92. The highest BCUT2D eigenvalue weighted by atomic mass is 16.5. The number of nitrogens with one attached hydrogen (secondary N) is 2. The minimum Gasteiger partial charge on any atom is -0.495 e. The number of nitriles is 1. The highest BCUT2D eigenvalue weighted by Crippen LogP contribution is 2.30. The molecule has 2 N–H and O–H groups in total. The monoisotopic (exact) mass is 282 g/mol. The topological polar surface area (TPSA) is 70.0 Å². The molecule has 0 radical (unpaired) electrons. The predicted octanol–water partition coefficient (Wildman–Crippen LogP) is 3.53. The van der Waals surface area contributed by atoms with Crippen LogP contribution in [0.4, 0.5) is 17.3 Å². The second-order valence-corrected chi connectivity index (χ2v) is 4.45. The third kappa shape index (κ3) is 3.63. The number of anilines is 3. The molecule has 1 aromatic carbocycles. The van der Waals surface area contributed by atoms with E-state index in [1.54, 1.807) is 19.2 Å². The molecule has 0 amide bonds. The molecular weight excluding hydrogens is 264 g/mol. The zero-order chi connectivity index (χ0) is 15.1. The first-order valence-corrected chi connectivity index (χ1v) is 6.83. The maximum Gasteiger partial charge on any atom is 0.143 e. The van der Waals surface area contributed by atoms with Gasteiger partial charge in [0, 0.05) is 6.54 Å². The summed E-state index contributed by atoms with van der Waals surface area (Å²) in [6, 6.07) is 13.2. The largest absolute Gasteiger partial charge is 0.495 e. The Bertz CT molecular complexity index is 649. The summed E-state index contributed by atoms with van der Waals surface area (Å²) in [4.78, 5) is 4.47. The number of methoxy groups -OCH3 is 1. The van der Waals surface area contributed by atoms with Gasteiger partial charge in [-0.3, -0.25) is 0 Å². The summed E-state index contributed by atoms with van der Waals surface area (Å²) in [5.74, 6) is 2.08. The highest BCUT2D eigenvalue weighted by molar-refractivity contribution is 5.72. The van der Waals surface area contributed by atoms with E-state index in [0.717, 1.165) is 18.8 Å². The summed E-state index contributed by atoms with van der Waals surface area (Å²) in [6.07, 6.45) is 1.03. The lowest BCUT2D eigenvalue weighted by Gasteiger charge is -2.13. The normalized spacial score (nSPS) is 9.76. The SMILES string of the molecule is CCCNc1cccc(Nc2c(C#N)cccc2OC)n1. The van der Waals surface area contributed by atoms with Gasteiger partial charge in [-0.05, 0) is 30.7 Å². The van der Waals surface area contributed by atoms with Crippen LogP contribution in [0.25, 0.3) is 0 Å². The number of benzene rings is 1. The van der Waals surface area contributed by atoms with Crippen LogP contribution in [-0.4, -0.2) is 18.6 Å². The number of nitrogens with zero attached hydrogens (tertiary/aromatic N) is 2. The minimum absolute atomic E-state index is 0.517. The molecule has 0 aliphatic heterocycles. The molecule has 1 heterocycles. The average Bonchev–Trinajstić information content (AvgIpc) is 2.53. The Balaban J connectivity index is 2.28. The van der Waals surface area contributed by atoms with Crippen LogP contribution in [0.3, 0.4) is 0 Å². The van der Waals surface area contributed by atoms with Gasteiger partial charge in [0.2, 0.25) is 0 Å². The molecule has 0 saturated heterocycles. The van der Waals surface area contributed by atoms with Crippen molar-refractivity contribution in [2.75, 3.05) is 24.3 Å². The second-order valence-electron chi connectivity index (χ2n) is 4.45. The van der Waals surface area contributed by atoms with Crippen molar-refractivity contribution in [3.05, 3.63) is 42.0 Å². The smallest absolute Gasteiger partial charge is 0.143 e. The van der Waals surface area contributed by atoms with Gasteiger partial charge < -0.3 is 15.4 Å². The third-order valence-electron chi connectivity index (χ3n) is 2.92. The van der Waals surface area contributed by atoms with E-state index in [-0.39, 0.29) is 0 Å². The number of ether oxygens (including phenoxy) is 1. The van der Waals surface area contributed by atoms with Crippen molar-refractivity contribution in [3.8, 4) is 11.8 Å². The van der Waals surface area contributed by atoms with E-state index in [0.29, 0.717) is 22.8 Å². The van der Waals surface area contributed by atoms with Crippen molar-refractivity contribution >= 4 is 17.3 Å². The van der Waals surface area contributed by atoms with Crippen molar-refractivity contribution in [2.24, 2.45) is 0 Å². The van der Waals surface area contributed by atoms with Gasteiger partial charge in [0.05, 0.1) is 12.7 Å². The molecule has 0 atom stereocenters. The van der Waals surface area contributed by atoms with Crippen molar-refractivity contribution < 1.29 is 4.74 Å². The van der Waals surface area contributed by atoms with E-state index < -0.39 is 0 Å². The molecule has 2 rings (SSSR count). The van der Waals surface area contributed by atoms with E-state index in [1.807, 2.05) is 24.3 Å². The molecule has 1 aromatic heterocycles. The first-order chi connectivity index (χ1) is 10.3. The molecule has 0 aliphatic rings. The number of pyridine rings is 1.